The second kappa shape index (κ2) is 9.15. The summed E-state index contributed by atoms with van der Waals surface area (Å²) in [6.45, 7) is 1.26. The van der Waals surface area contributed by atoms with E-state index in [1.165, 1.54) is 36.1 Å². The number of amides is 2. The average Bonchev–Trinajstić information content (AvgIpc) is 3.45. The van der Waals surface area contributed by atoms with Gasteiger partial charge in [-0.3, -0.25) is 9.59 Å². The first-order valence-corrected chi connectivity index (χ1v) is 13.1. The molecule has 0 radical (unpaired) electrons. The van der Waals surface area contributed by atoms with E-state index in [4.69, 9.17) is 0 Å². The van der Waals surface area contributed by atoms with E-state index in [0.29, 0.717) is 25.0 Å². The van der Waals surface area contributed by atoms with E-state index < -0.39 is 57.4 Å². The number of aliphatic hydroxyl groups is 1. The van der Waals surface area contributed by atoms with Crippen molar-refractivity contribution in [3.63, 3.8) is 0 Å². The number of nitrogens with one attached hydrogen (secondary N) is 1. The second-order valence-corrected chi connectivity index (χ2v) is 11.3. The molecule has 2 aromatic rings. The molecule has 2 amide bonds. The molecule has 1 heterocycles. The van der Waals surface area contributed by atoms with Crippen LogP contribution >= 0.6 is 0 Å². The zero-order valence-electron chi connectivity index (χ0n) is 19.3. The van der Waals surface area contributed by atoms with Crippen LogP contribution in [0.2, 0.25) is 0 Å². The zero-order valence-corrected chi connectivity index (χ0v) is 20.1. The quantitative estimate of drug-likeness (QED) is 0.561. The van der Waals surface area contributed by atoms with Gasteiger partial charge in [-0.05, 0) is 56.0 Å². The van der Waals surface area contributed by atoms with Gasteiger partial charge in [-0.15, -0.1) is 0 Å². The Morgan fingerprint density at radius 2 is 1.83 bits per heavy atom. The first-order chi connectivity index (χ1) is 16.7. The maximum Gasteiger partial charge on any atom is 0.416 e. The van der Waals surface area contributed by atoms with Crippen LogP contribution in [0.25, 0.3) is 0 Å². The lowest BCUT2D eigenvalue weighted by Gasteiger charge is -2.30. The van der Waals surface area contributed by atoms with Gasteiger partial charge < -0.3 is 15.3 Å². The lowest BCUT2D eigenvalue weighted by atomic mass is 9.99. The van der Waals surface area contributed by atoms with Gasteiger partial charge in [-0.2, -0.15) is 13.2 Å². The highest BCUT2D eigenvalue weighted by molar-refractivity contribution is 7.90. The minimum absolute atomic E-state index is 0.0483. The Kier molecular flexibility index (Phi) is 6.63. The van der Waals surface area contributed by atoms with Crippen molar-refractivity contribution in [2.45, 2.75) is 55.1 Å². The molecule has 2 aromatic carbocycles. The van der Waals surface area contributed by atoms with Gasteiger partial charge in [0.2, 0.25) is 5.91 Å². The van der Waals surface area contributed by atoms with Crippen molar-refractivity contribution in [3.05, 3.63) is 65.0 Å². The largest absolute Gasteiger partial charge is 0.416 e. The van der Waals surface area contributed by atoms with Crippen LogP contribution in [0.15, 0.2) is 47.4 Å². The van der Waals surface area contributed by atoms with Crippen LogP contribution in [0, 0.1) is 11.7 Å². The number of alkyl halides is 3. The molecule has 2 fully saturated rings. The summed E-state index contributed by atoms with van der Waals surface area (Å²) in [6, 6.07) is 4.73. The molecule has 1 aliphatic heterocycles. The monoisotopic (exact) mass is 528 g/mol. The molecule has 0 spiro atoms. The highest BCUT2D eigenvalue weighted by Crippen LogP contribution is 2.48. The van der Waals surface area contributed by atoms with Gasteiger partial charge in [-0.1, -0.05) is 12.1 Å². The van der Waals surface area contributed by atoms with Crippen molar-refractivity contribution in [2.75, 3.05) is 6.26 Å². The molecule has 2 N–H and O–H groups in total. The molecule has 4 rings (SSSR count). The van der Waals surface area contributed by atoms with Crippen molar-refractivity contribution in [1.82, 2.24) is 10.2 Å². The van der Waals surface area contributed by atoms with Crippen LogP contribution in [0.4, 0.5) is 17.6 Å². The Morgan fingerprint density at radius 1 is 1.14 bits per heavy atom. The van der Waals surface area contributed by atoms with Crippen molar-refractivity contribution in [3.8, 4) is 0 Å². The molecule has 2 aliphatic rings. The SMILES string of the molecule is C[C@H](O)[C@@H](NC(=O)C1CC2CC2N1C(=O)c1cccc(S(C)(=O)=O)c1)c1ccc(C(F)(F)F)cc1F. The van der Waals surface area contributed by atoms with E-state index in [2.05, 4.69) is 5.32 Å². The Labute approximate surface area is 205 Å². The second-order valence-electron chi connectivity index (χ2n) is 9.29. The normalized spacial score (nSPS) is 23.1. The first-order valence-electron chi connectivity index (χ1n) is 11.2. The van der Waals surface area contributed by atoms with Gasteiger partial charge in [0.15, 0.2) is 9.84 Å². The van der Waals surface area contributed by atoms with E-state index in [9.17, 15) is 40.7 Å². The number of likely N-dealkylation sites (tertiary alicyclic amines) is 1. The van der Waals surface area contributed by atoms with Crippen molar-refractivity contribution in [2.24, 2.45) is 5.92 Å². The number of aliphatic hydroxyl groups excluding tert-OH is 1. The predicted octanol–water partition coefficient (Wildman–Crippen LogP) is 3.09. The summed E-state index contributed by atoms with van der Waals surface area (Å²) in [5.41, 5.74) is -1.44. The van der Waals surface area contributed by atoms with Crippen molar-refractivity contribution < 1.29 is 40.7 Å². The average molecular weight is 529 g/mol. The van der Waals surface area contributed by atoms with Crippen LogP contribution in [0.5, 0.6) is 0 Å². The number of halogens is 4. The highest BCUT2D eigenvalue weighted by atomic mass is 32.2. The van der Waals surface area contributed by atoms with E-state index in [1.54, 1.807) is 0 Å². The van der Waals surface area contributed by atoms with Crippen molar-refractivity contribution in [1.29, 1.82) is 0 Å². The number of fused-ring (bicyclic) bond motifs is 1. The van der Waals surface area contributed by atoms with Crippen LogP contribution < -0.4 is 5.32 Å². The van der Waals surface area contributed by atoms with Gasteiger partial charge in [0.05, 0.1) is 22.6 Å². The lowest BCUT2D eigenvalue weighted by Crippen LogP contribution is -2.50. The number of piperidine rings is 1. The molecule has 1 saturated carbocycles. The molecule has 0 aromatic heterocycles. The minimum Gasteiger partial charge on any atom is -0.391 e. The van der Waals surface area contributed by atoms with Gasteiger partial charge >= 0.3 is 6.18 Å². The maximum absolute atomic E-state index is 14.6. The summed E-state index contributed by atoms with van der Waals surface area (Å²) in [5, 5.41) is 12.7. The van der Waals surface area contributed by atoms with Gasteiger partial charge in [0.25, 0.3) is 5.91 Å². The number of benzene rings is 2. The highest BCUT2D eigenvalue weighted by Gasteiger charge is 2.56. The number of hydrogen-bond acceptors (Lipinski definition) is 5. The zero-order chi connectivity index (χ0) is 26.6. The lowest BCUT2D eigenvalue weighted by molar-refractivity contribution is -0.137. The molecular weight excluding hydrogens is 504 g/mol. The summed E-state index contributed by atoms with van der Waals surface area (Å²) in [7, 11) is -3.57. The first kappa shape index (κ1) is 26.1. The fourth-order valence-corrected chi connectivity index (χ4v) is 5.32. The number of hydrogen-bond donors (Lipinski definition) is 2. The number of carbonyl (C=O) groups is 2. The third kappa shape index (κ3) is 5.10. The van der Waals surface area contributed by atoms with Gasteiger partial charge in [0, 0.05) is 23.4 Å². The molecule has 1 saturated heterocycles. The molecule has 3 unspecified atom stereocenters. The van der Waals surface area contributed by atoms with Crippen LogP contribution in [-0.4, -0.2) is 54.7 Å². The molecular formula is C24H24F4N2O5S. The van der Waals surface area contributed by atoms with Gasteiger partial charge in [0.1, 0.15) is 11.9 Å². The minimum atomic E-state index is -4.76. The Hall–Kier alpha value is -2.99. The Balaban J connectivity index is 1.58. The standard InChI is InChI=1S/C24H24F4N2O5S/c1-12(31)21(17-7-6-15(11-18(17)25)24(26,27)28)29-22(32)20-10-14-9-19(14)30(20)23(33)13-4-3-5-16(8-13)36(2,34)35/h3-8,11-12,14,19-21,31H,9-10H2,1-2H3,(H,29,32)/t12-,14?,19?,20?,21+/m0/s1. The molecule has 0 bridgehead atoms. The third-order valence-electron chi connectivity index (χ3n) is 6.59. The molecule has 194 valence electrons. The van der Waals surface area contributed by atoms with Crippen LogP contribution in [-0.2, 0) is 20.8 Å². The molecule has 12 heteroatoms. The summed E-state index contributed by atoms with van der Waals surface area (Å²) in [5.74, 6) is -2.41. The fourth-order valence-electron chi connectivity index (χ4n) is 4.65. The summed E-state index contributed by atoms with van der Waals surface area (Å²) in [4.78, 5) is 27.8. The summed E-state index contributed by atoms with van der Waals surface area (Å²) >= 11 is 0. The fraction of sp³-hybridized carbons (Fsp3) is 0.417. The van der Waals surface area contributed by atoms with E-state index >= 15 is 0 Å². The molecule has 36 heavy (non-hydrogen) atoms. The van der Waals surface area contributed by atoms with E-state index in [0.717, 1.165) is 12.3 Å². The Bertz CT molecular complexity index is 1310. The smallest absolute Gasteiger partial charge is 0.391 e. The number of carbonyl (C=O) groups excluding carboxylic acids is 2. The molecule has 7 nitrogen and oxygen atoms in total. The molecule has 5 atom stereocenters. The van der Waals surface area contributed by atoms with E-state index in [1.807, 2.05) is 0 Å². The predicted molar refractivity (Wildman–Crippen MR) is 120 cm³/mol. The number of nitrogens with zero attached hydrogens (tertiary/aromatic N) is 1. The van der Waals surface area contributed by atoms with Crippen LogP contribution in [0.3, 0.4) is 0 Å². The maximum atomic E-state index is 14.6. The van der Waals surface area contributed by atoms with Gasteiger partial charge in [-0.25, -0.2) is 12.8 Å². The summed E-state index contributed by atoms with van der Waals surface area (Å²) in [6.07, 6.45) is -4.11. The summed E-state index contributed by atoms with van der Waals surface area (Å²) < 4.78 is 77.1. The van der Waals surface area contributed by atoms with Crippen LogP contribution in [0.1, 0.15) is 47.3 Å². The number of sulfone groups is 1. The topological polar surface area (TPSA) is 104 Å². The number of rotatable bonds is 6. The third-order valence-corrected chi connectivity index (χ3v) is 7.70. The molecule has 1 aliphatic carbocycles. The van der Waals surface area contributed by atoms with E-state index in [-0.39, 0.29) is 28.0 Å². The Morgan fingerprint density at radius 3 is 2.42 bits per heavy atom. The van der Waals surface area contributed by atoms with Crippen molar-refractivity contribution >= 4 is 21.7 Å².